The molecule has 0 fully saturated rings. The van der Waals surface area contributed by atoms with Crippen LogP contribution in [0.15, 0.2) is 48.5 Å². The number of nitrogens with one attached hydrogen (secondary N) is 1. The second kappa shape index (κ2) is 13.6. The van der Waals surface area contributed by atoms with Gasteiger partial charge in [0.05, 0.1) is 37.2 Å². The normalized spacial score (nSPS) is 11.4. The molecule has 3 aromatic rings. The van der Waals surface area contributed by atoms with Gasteiger partial charge in [-0.3, -0.25) is 34.7 Å². The molecule has 0 atom stereocenters. The van der Waals surface area contributed by atoms with E-state index in [9.17, 15) is 29.8 Å². The highest BCUT2D eigenvalue weighted by Crippen LogP contribution is 2.33. The lowest BCUT2D eigenvalue weighted by atomic mass is 10.1. The van der Waals surface area contributed by atoms with Crippen molar-refractivity contribution in [3.63, 3.8) is 0 Å². The predicted molar refractivity (Wildman–Crippen MR) is 150 cm³/mol. The number of nitrogens with zero attached hydrogens (tertiary/aromatic N) is 4. The molecule has 2 heterocycles. The van der Waals surface area contributed by atoms with Crippen molar-refractivity contribution in [1.82, 2.24) is 4.90 Å². The van der Waals surface area contributed by atoms with Crippen LogP contribution in [0.4, 0.5) is 27.8 Å². The van der Waals surface area contributed by atoms with E-state index in [4.69, 9.17) is 10.5 Å². The first-order valence-electron chi connectivity index (χ1n) is 11.5. The molecule has 13 nitrogen and oxygen atoms in total. The van der Waals surface area contributed by atoms with E-state index in [1.807, 2.05) is 37.2 Å². The molecule has 14 heteroatoms. The molecular formula is C25H28N6O7S. The molecule has 0 spiro atoms. The molecule has 0 saturated heterocycles. The third-order valence-electron chi connectivity index (χ3n) is 5.54. The highest BCUT2D eigenvalue weighted by atomic mass is 32.1. The quantitative estimate of drug-likeness (QED) is 0.141. The summed E-state index contributed by atoms with van der Waals surface area (Å²) in [6, 6.07) is 13.6. The summed E-state index contributed by atoms with van der Waals surface area (Å²) in [6.45, 7) is 3.80. The fourth-order valence-corrected chi connectivity index (χ4v) is 4.34. The molecule has 2 aromatic carbocycles. The monoisotopic (exact) mass is 556 g/mol. The number of fused-ring (bicyclic) bond motifs is 1. The van der Waals surface area contributed by atoms with Gasteiger partial charge in [0.15, 0.2) is 0 Å². The number of rotatable bonds is 7. The lowest BCUT2D eigenvalue weighted by molar-refractivity contribution is -0.390. The molecule has 39 heavy (non-hydrogen) atoms. The van der Waals surface area contributed by atoms with Crippen molar-refractivity contribution < 1.29 is 24.2 Å². The Kier molecular flexibility index (Phi) is 10.6. The molecule has 206 valence electrons. The Bertz CT molecular complexity index is 1360. The number of hydrogen-bond donors (Lipinski definition) is 2. The van der Waals surface area contributed by atoms with Crippen LogP contribution in [0.2, 0.25) is 0 Å². The van der Waals surface area contributed by atoms with E-state index in [0.29, 0.717) is 34.8 Å². The fourth-order valence-electron chi connectivity index (χ4n) is 3.55. The van der Waals surface area contributed by atoms with Gasteiger partial charge in [-0.05, 0) is 44.2 Å². The maximum Gasteiger partial charge on any atom is 0.331 e. The van der Waals surface area contributed by atoms with Crippen LogP contribution in [0.5, 0.6) is 0 Å². The number of thiophene rings is 1. The summed E-state index contributed by atoms with van der Waals surface area (Å²) in [6.07, 6.45) is 0.750. The molecular weight excluding hydrogens is 528 g/mol. The molecule has 1 aromatic heterocycles. The van der Waals surface area contributed by atoms with E-state index in [1.54, 1.807) is 24.3 Å². The van der Waals surface area contributed by atoms with Crippen molar-refractivity contribution in [2.45, 2.75) is 13.8 Å². The number of amides is 2. The number of nitrogens with two attached hydrogens (primary N) is 1. The van der Waals surface area contributed by atoms with Gasteiger partial charge in [0, 0.05) is 32.9 Å². The Balaban J connectivity index is 0.000000298. The van der Waals surface area contributed by atoms with Gasteiger partial charge in [-0.25, -0.2) is 0 Å². The lowest BCUT2D eigenvalue weighted by Gasteiger charge is -2.23. The summed E-state index contributed by atoms with van der Waals surface area (Å²) in [5, 5.41) is 23.3. The first-order chi connectivity index (χ1) is 18.5. The van der Waals surface area contributed by atoms with E-state index < -0.39 is 9.85 Å². The van der Waals surface area contributed by atoms with Gasteiger partial charge < -0.3 is 20.7 Å². The molecule has 1 aliphatic rings. The van der Waals surface area contributed by atoms with Crippen LogP contribution in [0.3, 0.4) is 0 Å². The van der Waals surface area contributed by atoms with Gasteiger partial charge in [0.1, 0.15) is 12.4 Å². The standard InChI is InChI=1S/C18H20N4O2.C5H4N2O4S.C2H4O/c1-20-16-11-12(7-8-15(16)19)21(2)9-10-22-17(23)13-5-3-4-6-14(13)18(22)24;1-3-4(6(8)9)2-5(12-3)7(10)11;1-2-3/h3-8,11,20H,9-10,19H2,1-2H3;2H,1H3;2H,1H3. The molecule has 0 radical (unpaired) electrons. The Morgan fingerprint density at radius 2 is 1.62 bits per heavy atom. The van der Waals surface area contributed by atoms with Crippen LogP contribution < -0.4 is 16.0 Å². The van der Waals surface area contributed by atoms with Gasteiger partial charge in [-0.1, -0.05) is 23.5 Å². The average Bonchev–Trinajstić information content (AvgIpc) is 3.42. The number of nitro groups is 2. The number of carbonyl (C=O) groups excluding carboxylic acids is 3. The van der Waals surface area contributed by atoms with Crippen molar-refractivity contribution in [1.29, 1.82) is 0 Å². The summed E-state index contributed by atoms with van der Waals surface area (Å²) >= 11 is 0.810. The van der Waals surface area contributed by atoms with E-state index >= 15 is 0 Å². The van der Waals surface area contributed by atoms with Crippen LogP contribution in [0, 0.1) is 27.2 Å². The minimum absolute atomic E-state index is 0.188. The number of benzene rings is 2. The zero-order chi connectivity index (χ0) is 29.3. The molecule has 3 N–H and O–H groups in total. The fraction of sp³-hybridized carbons (Fsp3) is 0.240. The molecule has 0 aliphatic carbocycles. The number of anilines is 3. The van der Waals surface area contributed by atoms with Crippen molar-refractivity contribution in [2.75, 3.05) is 43.1 Å². The summed E-state index contributed by atoms with van der Waals surface area (Å²) in [4.78, 5) is 56.3. The minimum atomic E-state index is -0.634. The second-order valence-corrected chi connectivity index (χ2v) is 9.26. The summed E-state index contributed by atoms with van der Waals surface area (Å²) in [5.74, 6) is -0.450. The zero-order valence-corrected chi connectivity index (χ0v) is 22.6. The van der Waals surface area contributed by atoms with Crippen molar-refractivity contribution in [3.05, 3.63) is 84.8 Å². The van der Waals surface area contributed by atoms with Gasteiger partial charge in [0.25, 0.3) is 17.5 Å². The average molecular weight is 557 g/mol. The van der Waals surface area contributed by atoms with Gasteiger partial charge in [0.2, 0.25) is 0 Å². The van der Waals surface area contributed by atoms with Crippen LogP contribution >= 0.6 is 11.3 Å². The molecule has 1 aliphatic heterocycles. The van der Waals surface area contributed by atoms with Crippen LogP contribution in [-0.2, 0) is 4.79 Å². The Morgan fingerprint density at radius 1 is 1.05 bits per heavy atom. The summed E-state index contributed by atoms with van der Waals surface area (Å²) in [5.41, 5.74) is 9.14. The zero-order valence-electron chi connectivity index (χ0n) is 21.7. The Labute approximate surface area is 228 Å². The summed E-state index contributed by atoms with van der Waals surface area (Å²) in [7, 11) is 3.73. The molecule has 2 amide bonds. The number of aryl methyl sites for hydroxylation is 1. The van der Waals surface area contributed by atoms with Crippen LogP contribution in [-0.4, -0.2) is 60.0 Å². The van der Waals surface area contributed by atoms with Crippen LogP contribution in [0.1, 0.15) is 32.5 Å². The molecule has 4 rings (SSSR count). The molecule has 0 bridgehead atoms. The first kappa shape index (κ1) is 30.4. The minimum Gasteiger partial charge on any atom is -0.397 e. The summed E-state index contributed by atoms with van der Waals surface area (Å²) < 4.78 is 0. The number of hydrogen-bond acceptors (Lipinski definition) is 11. The first-order valence-corrected chi connectivity index (χ1v) is 12.3. The number of aldehydes is 1. The largest absolute Gasteiger partial charge is 0.397 e. The predicted octanol–water partition coefficient (Wildman–Crippen LogP) is 4.12. The highest BCUT2D eigenvalue weighted by Gasteiger charge is 2.34. The lowest BCUT2D eigenvalue weighted by Crippen LogP contribution is -2.37. The third kappa shape index (κ3) is 7.35. The second-order valence-electron chi connectivity index (χ2n) is 8.03. The number of likely N-dealkylation sites (N-methyl/N-ethyl adjacent to an activating group) is 1. The van der Waals surface area contributed by atoms with E-state index in [-0.39, 0.29) is 22.5 Å². The topological polar surface area (TPSA) is 182 Å². The number of carbonyl (C=O) groups is 3. The SMILES string of the molecule is CC=O.CNc1cc(N(C)CCN2C(=O)c3ccccc3C2=O)ccc1N.Cc1sc([N+](=O)[O-])cc1[N+](=O)[O-]. The Morgan fingerprint density at radius 3 is 2.05 bits per heavy atom. The van der Waals surface area contributed by atoms with Crippen molar-refractivity contribution in [2.24, 2.45) is 0 Å². The smallest absolute Gasteiger partial charge is 0.331 e. The Hall–Kier alpha value is -4.85. The van der Waals surface area contributed by atoms with Crippen molar-refractivity contribution >= 4 is 57.2 Å². The molecule has 0 unspecified atom stereocenters. The van der Waals surface area contributed by atoms with Crippen LogP contribution in [0.25, 0.3) is 0 Å². The van der Waals surface area contributed by atoms with Gasteiger partial charge in [-0.15, -0.1) is 0 Å². The van der Waals surface area contributed by atoms with E-state index in [0.717, 1.165) is 35.1 Å². The number of imide groups is 1. The van der Waals surface area contributed by atoms with Gasteiger partial charge in [-0.2, -0.15) is 0 Å². The van der Waals surface area contributed by atoms with Crippen molar-refractivity contribution in [3.8, 4) is 0 Å². The van der Waals surface area contributed by atoms with E-state index in [2.05, 4.69) is 5.32 Å². The van der Waals surface area contributed by atoms with E-state index in [1.165, 1.54) is 18.7 Å². The third-order valence-corrected chi connectivity index (χ3v) is 6.53. The maximum absolute atomic E-state index is 12.4. The molecule has 0 saturated carbocycles. The maximum atomic E-state index is 12.4. The number of nitrogen functional groups attached to an aromatic ring is 1. The van der Waals surface area contributed by atoms with Gasteiger partial charge >= 0.3 is 5.00 Å². The highest BCUT2D eigenvalue weighted by molar-refractivity contribution is 7.15.